The van der Waals surface area contributed by atoms with Crippen molar-refractivity contribution in [2.45, 2.75) is 408 Å². The zero-order valence-corrected chi connectivity index (χ0v) is 64.8. The monoisotopic (exact) mass is 1410 g/mol. The van der Waals surface area contributed by atoms with E-state index in [9.17, 15) is 43.2 Å². The molecule has 6 atom stereocenters. The Hall–Kier alpha value is -1.94. The van der Waals surface area contributed by atoms with Crippen LogP contribution in [0.1, 0.15) is 389 Å². The van der Waals surface area contributed by atoms with Crippen LogP contribution >= 0.6 is 15.6 Å². The highest BCUT2D eigenvalue weighted by Gasteiger charge is 2.30. The van der Waals surface area contributed by atoms with Crippen LogP contribution in [0.4, 0.5) is 0 Å². The van der Waals surface area contributed by atoms with E-state index in [0.29, 0.717) is 31.6 Å². The maximum Gasteiger partial charge on any atom is 0.472 e. The third kappa shape index (κ3) is 69.2. The van der Waals surface area contributed by atoms with Crippen molar-refractivity contribution in [3.05, 3.63) is 0 Å². The second kappa shape index (κ2) is 66.3. The minimum atomic E-state index is -4.96. The molecule has 96 heavy (non-hydrogen) atoms. The van der Waals surface area contributed by atoms with E-state index in [1.54, 1.807) is 0 Å². The minimum Gasteiger partial charge on any atom is -0.462 e. The van der Waals surface area contributed by atoms with Gasteiger partial charge in [0.05, 0.1) is 26.4 Å². The molecule has 0 aliphatic carbocycles. The maximum atomic E-state index is 13.1. The summed E-state index contributed by atoms with van der Waals surface area (Å²) in [4.78, 5) is 72.7. The SMILES string of the molecule is CCC(C)CCCCCCCCCCCCCCCCCCCCC(=O)OC[C@H](COP(=O)(O)OCC(O)COP(=O)(O)OC[C@@H](COC(=O)CCCCCCCCCCC(C)C)OC(=O)CCCCCCCCC(C)C)OC(=O)CCCCCCCCCCCCCC(C)C. The molecule has 0 spiro atoms. The summed E-state index contributed by atoms with van der Waals surface area (Å²) in [5.41, 5.74) is 0. The van der Waals surface area contributed by atoms with Crippen LogP contribution in [0.5, 0.6) is 0 Å². The van der Waals surface area contributed by atoms with Crippen LogP contribution in [0.2, 0.25) is 0 Å². The molecule has 0 saturated heterocycles. The Morgan fingerprint density at radius 3 is 0.740 bits per heavy atom. The van der Waals surface area contributed by atoms with E-state index in [1.165, 1.54) is 193 Å². The van der Waals surface area contributed by atoms with Crippen LogP contribution < -0.4 is 0 Å². The smallest absolute Gasteiger partial charge is 0.462 e. The number of carbonyl (C=O) groups is 4. The van der Waals surface area contributed by atoms with Crippen LogP contribution in [-0.4, -0.2) is 96.7 Å². The van der Waals surface area contributed by atoms with Gasteiger partial charge in [-0.15, -0.1) is 0 Å². The van der Waals surface area contributed by atoms with Crippen LogP contribution in [0, 0.1) is 23.7 Å². The van der Waals surface area contributed by atoms with Crippen LogP contribution in [0.3, 0.4) is 0 Å². The van der Waals surface area contributed by atoms with Gasteiger partial charge in [0.2, 0.25) is 0 Å². The Balaban J connectivity index is 5.16. The van der Waals surface area contributed by atoms with E-state index < -0.39 is 97.5 Å². The molecule has 0 amide bonds. The maximum absolute atomic E-state index is 13.1. The lowest BCUT2D eigenvalue weighted by Gasteiger charge is -2.21. The highest BCUT2D eigenvalue weighted by atomic mass is 31.2. The Morgan fingerprint density at radius 1 is 0.292 bits per heavy atom. The fourth-order valence-electron chi connectivity index (χ4n) is 11.7. The lowest BCUT2D eigenvalue weighted by molar-refractivity contribution is -0.161. The number of phosphoric acid groups is 2. The number of esters is 4. The molecule has 0 aliphatic rings. The van der Waals surface area contributed by atoms with Crippen molar-refractivity contribution >= 4 is 39.5 Å². The normalized spacial score (nSPS) is 14.4. The zero-order valence-electron chi connectivity index (χ0n) is 63.0. The third-order valence-corrected chi connectivity index (χ3v) is 20.1. The predicted octanol–water partition coefficient (Wildman–Crippen LogP) is 22.4. The van der Waals surface area contributed by atoms with Crippen molar-refractivity contribution in [2.75, 3.05) is 39.6 Å². The van der Waals surface area contributed by atoms with Gasteiger partial charge < -0.3 is 33.8 Å². The Kier molecular flexibility index (Phi) is 65.0. The second-order valence-corrected chi connectivity index (χ2v) is 32.3. The molecule has 19 heteroatoms. The molecule has 0 aromatic rings. The van der Waals surface area contributed by atoms with E-state index >= 15 is 0 Å². The summed E-state index contributed by atoms with van der Waals surface area (Å²) < 4.78 is 68.4. The molecule has 0 rings (SSSR count). The number of aliphatic hydroxyl groups is 1. The lowest BCUT2D eigenvalue weighted by atomic mass is 9.99. The van der Waals surface area contributed by atoms with Gasteiger partial charge in [-0.25, -0.2) is 9.13 Å². The second-order valence-electron chi connectivity index (χ2n) is 29.4. The summed E-state index contributed by atoms with van der Waals surface area (Å²) in [6.45, 7) is 14.1. The average molecular weight is 1410 g/mol. The number of rotatable bonds is 74. The molecule has 0 aromatic heterocycles. The standard InChI is InChI=1S/C77H150O17P2/c1-9-70(8)56-48-40-31-24-20-16-14-12-10-11-13-15-17-21-25-32-41-49-57-74(79)87-63-72(93-76(81)59-51-43-34-26-22-18-19-23-29-37-45-53-67(2)3)65-91-95(83,84)89-61-71(78)62-90-96(85,86)92-66-73(94-77(82)60-52-44-36-35-39-47-55-69(6)7)64-88-75(80)58-50-42-33-28-27-30-38-46-54-68(4)5/h67-73,78H,9-66H2,1-8H3,(H,83,84)(H,85,86)/t70?,71?,72-,73-/m1/s1. The molecule has 0 aromatic carbocycles. The number of hydrogen-bond acceptors (Lipinski definition) is 15. The highest BCUT2D eigenvalue weighted by molar-refractivity contribution is 7.47. The van der Waals surface area contributed by atoms with E-state index in [4.69, 9.17) is 37.0 Å². The van der Waals surface area contributed by atoms with Gasteiger partial charge in [-0.2, -0.15) is 0 Å². The Bertz CT molecular complexity index is 1890. The summed E-state index contributed by atoms with van der Waals surface area (Å²) in [5, 5.41) is 10.6. The summed E-state index contributed by atoms with van der Waals surface area (Å²) in [5.74, 6) is 0.909. The zero-order chi connectivity index (χ0) is 71.0. The van der Waals surface area contributed by atoms with Gasteiger partial charge in [-0.05, 0) is 49.4 Å². The van der Waals surface area contributed by atoms with E-state index in [0.717, 1.165) is 108 Å². The fraction of sp³-hybridized carbons (Fsp3) is 0.948. The summed E-state index contributed by atoms with van der Waals surface area (Å²) in [7, 11) is -9.91. The van der Waals surface area contributed by atoms with Crippen molar-refractivity contribution < 1.29 is 80.2 Å². The number of phosphoric ester groups is 2. The van der Waals surface area contributed by atoms with Gasteiger partial charge in [0.1, 0.15) is 19.3 Å². The molecule has 17 nitrogen and oxygen atoms in total. The molecule has 570 valence electrons. The number of ether oxygens (including phenoxy) is 4. The largest absolute Gasteiger partial charge is 0.472 e. The summed E-state index contributed by atoms with van der Waals surface area (Å²) in [6.07, 6.45) is 51.7. The molecule has 0 radical (unpaired) electrons. The van der Waals surface area contributed by atoms with Crippen molar-refractivity contribution in [1.82, 2.24) is 0 Å². The topological polar surface area (TPSA) is 237 Å². The van der Waals surface area contributed by atoms with Crippen molar-refractivity contribution in [3.63, 3.8) is 0 Å². The van der Waals surface area contributed by atoms with Crippen LogP contribution in [0.15, 0.2) is 0 Å². The highest BCUT2D eigenvalue weighted by Crippen LogP contribution is 2.45. The molecular formula is C77H150O17P2. The van der Waals surface area contributed by atoms with E-state index in [-0.39, 0.29) is 25.7 Å². The first-order valence-corrected chi connectivity index (χ1v) is 42.7. The van der Waals surface area contributed by atoms with Crippen LogP contribution in [-0.2, 0) is 65.4 Å². The molecule has 0 fully saturated rings. The average Bonchev–Trinajstić information content (AvgIpc) is 1.10. The molecule has 3 N–H and O–H groups in total. The van der Waals surface area contributed by atoms with E-state index in [2.05, 4.69) is 55.4 Å². The predicted molar refractivity (Wildman–Crippen MR) is 391 cm³/mol. The summed E-state index contributed by atoms with van der Waals surface area (Å²) >= 11 is 0. The molecule has 4 unspecified atom stereocenters. The van der Waals surface area contributed by atoms with Crippen LogP contribution in [0.25, 0.3) is 0 Å². The van der Waals surface area contributed by atoms with Gasteiger partial charge in [0.25, 0.3) is 0 Å². The molecular weight excluding hydrogens is 1260 g/mol. The molecule has 0 saturated carbocycles. The van der Waals surface area contributed by atoms with Gasteiger partial charge in [0, 0.05) is 25.7 Å². The number of unbranched alkanes of at least 4 members (excludes halogenated alkanes) is 39. The minimum absolute atomic E-state index is 0.101. The van der Waals surface area contributed by atoms with Gasteiger partial charge >= 0.3 is 39.5 Å². The molecule has 0 aliphatic heterocycles. The van der Waals surface area contributed by atoms with Gasteiger partial charge in [-0.1, -0.05) is 338 Å². The number of carbonyl (C=O) groups excluding carboxylic acids is 4. The van der Waals surface area contributed by atoms with Crippen molar-refractivity contribution in [1.29, 1.82) is 0 Å². The van der Waals surface area contributed by atoms with E-state index in [1.807, 2.05) is 0 Å². The fourth-order valence-corrected chi connectivity index (χ4v) is 13.3. The lowest BCUT2D eigenvalue weighted by Crippen LogP contribution is -2.30. The van der Waals surface area contributed by atoms with Gasteiger partial charge in [0.15, 0.2) is 12.2 Å². The summed E-state index contributed by atoms with van der Waals surface area (Å²) in [6, 6.07) is 0. The Labute approximate surface area is 588 Å². The molecule has 0 bridgehead atoms. The van der Waals surface area contributed by atoms with Crippen molar-refractivity contribution in [3.8, 4) is 0 Å². The van der Waals surface area contributed by atoms with Crippen molar-refractivity contribution in [2.24, 2.45) is 23.7 Å². The molecule has 0 heterocycles. The first kappa shape index (κ1) is 94.1. The van der Waals surface area contributed by atoms with Gasteiger partial charge in [-0.3, -0.25) is 37.3 Å². The number of aliphatic hydroxyl groups excluding tert-OH is 1. The Morgan fingerprint density at radius 2 is 0.500 bits per heavy atom. The number of hydrogen-bond donors (Lipinski definition) is 3. The first-order chi connectivity index (χ1) is 46.1. The third-order valence-electron chi connectivity index (χ3n) is 18.2. The first-order valence-electron chi connectivity index (χ1n) is 39.7. The quantitative estimate of drug-likeness (QED) is 0.0222.